The van der Waals surface area contributed by atoms with E-state index in [0.29, 0.717) is 13.2 Å². The van der Waals surface area contributed by atoms with E-state index in [4.69, 9.17) is 9.47 Å². The number of guanidine groups is 1. The molecule has 0 fully saturated rings. The highest BCUT2D eigenvalue weighted by Crippen LogP contribution is 2.15. The third kappa shape index (κ3) is 9.79. The van der Waals surface area contributed by atoms with Gasteiger partial charge in [0.25, 0.3) is 0 Å². The summed E-state index contributed by atoms with van der Waals surface area (Å²) in [6.45, 7) is 6.76. The molecule has 6 nitrogen and oxygen atoms in total. The number of hydrogen-bond acceptors (Lipinski definition) is 5. The van der Waals surface area contributed by atoms with Crippen LogP contribution in [-0.2, 0) is 17.8 Å². The molecular weight excluding hydrogens is 499 g/mol. The number of benzene rings is 1. The molecule has 2 rings (SSSR count). The maximum absolute atomic E-state index is 5.89. The summed E-state index contributed by atoms with van der Waals surface area (Å²) in [6, 6.07) is 10.3. The van der Waals surface area contributed by atoms with Crippen LogP contribution >= 0.6 is 35.3 Å². The molecule has 2 N–H and O–H groups in total. The van der Waals surface area contributed by atoms with Crippen molar-refractivity contribution in [2.75, 3.05) is 47.5 Å². The highest BCUT2D eigenvalue weighted by atomic mass is 127. The Labute approximate surface area is 195 Å². The zero-order valence-electron chi connectivity index (χ0n) is 17.7. The molecule has 0 radical (unpaired) electrons. The average Bonchev–Trinajstić information content (AvgIpc) is 3.11. The smallest absolute Gasteiger partial charge is 0.191 e. The molecule has 1 heterocycles. The Balaban J connectivity index is 0.00000420. The number of methoxy groups -OCH3 is 1. The zero-order chi connectivity index (χ0) is 20.2. The molecule has 0 aliphatic carbocycles. The highest BCUT2D eigenvalue weighted by Gasteiger charge is 2.04. The molecule has 1 aromatic carbocycles. The molecule has 0 atom stereocenters. The molecule has 2 aromatic rings. The Hall–Kier alpha value is -1.36. The van der Waals surface area contributed by atoms with Crippen molar-refractivity contribution in [2.24, 2.45) is 4.99 Å². The van der Waals surface area contributed by atoms with E-state index in [1.54, 1.807) is 25.5 Å². The van der Waals surface area contributed by atoms with E-state index in [0.717, 1.165) is 43.5 Å². The van der Waals surface area contributed by atoms with Gasteiger partial charge in [-0.3, -0.25) is 4.99 Å². The minimum absolute atomic E-state index is 0. The number of thiophene rings is 1. The van der Waals surface area contributed by atoms with Gasteiger partial charge in [-0.15, -0.1) is 35.3 Å². The number of halogens is 1. The molecular formula is C21H33IN4O2S. The van der Waals surface area contributed by atoms with E-state index >= 15 is 0 Å². The van der Waals surface area contributed by atoms with Crippen molar-refractivity contribution in [1.82, 2.24) is 15.5 Å². The third-order valence-electron chi connectivity index (χ3n) is 4.39. The van der Waals surface area contributed by atoms with Gasteiger partial charge in [0.15, 0.2) is 5.96 Å². The molecule has 29 heavy (non-hydrogen) atoms. The van der Waals surface area contributed by atoms with Crippen LogP contribution in [-0.4, -0.2) is 58.4 Å². The van der Waals surface area contributed by atoms with Crippen molar-refractivity contribution in [2.45, 2.75) is 20.0 Å². The van der Waals surface area contributed by atoms with Gasteiger partial charge in [0.2, 0.25) is 0 Å². The molecule has 0 bridgehead atoms. The second-order valence-corrected chi connectivity index (χ2v) is 7.60. The number of ether oxygens (including phenoxy) is 2. The molecule has 162 valence electrons. The van der Waals surface area contributed by atoms with Gasteiger partial charge in [-0.1, -0.05) is 12.1 Å². The normalized spacial score (nSPS) is 11.3. The topological polar surface area (TPSA) is 58.1 Å². The van der Waals surface area contributed by atoms with Crippen LogP contribution in [0.4, 0.5) is 0 Å². The van der Waals surface area contributed by atoms with Crippen LogP contribution in [0.2, 0.25) is 0 Å². The fourth-order valence-electron chi connectivity index (χ4n) is 2.58. The van der Waals surface area contributed by atoms with Crippen LogP contribution in [0.5, 0.6) is 5.75 Å². The van der Waals surface area contributed by atoms with Crippen molar-refractivity contribution in [1.29, 1.82) is 0 Å². The second kappa shape index (κ2) is 14.6. The molecule has 1 aromatic heterocycles. The number of aryl methyl sites for hydroxylation is 1. The van der Waals surface area contributed by atoms with Crippen molar-refractivity contribution in [3.8, 4) is 5.75 Å². The predicted octanol–water partition coefficient (Wildman–Crippen LogP) is 3.50. The number of likely N-dealkylation sites (N-methyl/N-ethyl adjacent to an activating group) is 1. The first-order chi connectivity index (χ1) is 13.6. The van der Waals surface area contributed by atoms with Crippen LogP contribution in [0.15, 0.2) is 40.7 Å². The molecule has 0 aliphatic heterocycles. The van der Waals surface area contributed by atoms with E-state index < -0.39 is 0 Å². The zero-order valence-corrected chi connectivity index (χ0v) is 20.9. The number of nitrogens with zero attached hydrogens (tertiary/aromatic N) is 2. The van der Waals surface area contributed by atoms with Crippen LogP contribution in [0.1, 0.15) is 16.0 Å². The molecule has 8 heteroatoms. The predicted molar refractivity (Wildman–Crippen MR) is 133 cm³/mol. The fraction of sp³-hybridized carbons (Fsp3) is 0.476. The minimum atomic E-state index is 0. The summed E-state index contributed by atoms with van der Waals surface area (Å²) in [5.74, 6) is 1.68. The monoisotopic (exact) mass is 532 g/mol. The Morgan fingerprint density at radius 2 is 1.90 bits per heavy atom. The Morgan fingerprint density at radius 1 is 1.14 bits per heavy atom. The van der Waals surface area contributed by atoms with Gasteiger partial charge >= 0.3 is 0 Å². The van der Waals surface area contributed by atoms with Gasteiger partial charge in [0.1, 0.15) is 12.4 Å². The minimum Gasteiger partial charge on any atom is -0.492 e. The van der Waals surface area contributed by atoms with Crippen LogP contribution in [0, 0.1) is 6.92 Å². The first-order valence-corrected chi connectivity index (χ1v) is 10.4. The summed E-state index contributed by atoms with van der Waals surface area (Å²) in [7, 11) is 5.58. The largest absolute Gasteiger partial charge is 0.492 e. The summed E-state index contributed by atoms with van der Waals surface area (Å²) in [4.78, 5) is 7.82. The molecule has 0 aliphatic rings. The van der Waals surface area contributed by atoms with E-state index in [-0.39, 0.29) is 24.0 Å². The number of aliphatic imine (C=N–C) groups is 1. The average molecular weight is 532 g/mol. The third-order valence-corrected chi connectivity index (χ3v) is 5.41. The summed E-state index contributed by atoms with van der Waals surface area (Å²) >= 11 is 1.76. The van der Waals surface area contributed by atoms with Gasteiger partial charge in [0, 0.05) is 38.7 Å². The van der Waals surface area contributed by atoms with Gasteiger partial charge in [-0.25, -0.2) is 0 Å². The summed E-state index contributed by atoms with van der Waals surface area (Å²) < 4.78 is 11.0. The van der Waals surface area contributed by atoms with Crippen molar-refractivity contribution in [3.63, 3.8) is 0 Å². The van der Waals surface area contributed by atoms with E-state index in [2.05, 4.69) is 58.1 Å². The maximum atomic E-state index is 5.89. The number of nitrogens with one attached hydrogen (secondary N) is 2. The first kappa shape index (κ1) is 25.7. The lowest BCUT2D eigenvalue weighted by Gasteiger charge is -2.16. The summed E-state index contributed by atoms with van der Waals surface area (Å²) in [5, 5.41) is 8.84. The number of rotatable bonds is 11. The van der Waals surface area contributed by atoms with Crippen molar-refractivity contribution < 1.29 is 9.47 Å². The molecule has 0 amide bonds. The Kier molecular flexibility index (Phi) is 12.9. The van der Waals surface area contributed by atoms with E-state index in [1.165, 1.54) is 10.4 Å². The van der Waals surface area contributed by atoms with Gasteiger partial charge in [0.05, 0.1) is 13.2 Å². The standard InChI is InChI=1S/C21H32N4O2S.HI/c1-17-8-13-28-20(17)16-24-21(22-2)23-15-18-6-5-7-19(14-18)27-12-10-25(3)9-11-26-4;/h5-8,13-14H,9-12,15-16H2,1-4H3,(H2,22,23,24);1H. The molecule has 0 unspecified atom stereocenters. The van der Waals surface area contributed by atoms with E-state index in [9.17, 15) is 0 Å². The van der Waals surface area contributed by atoms with Crippen LogP contribution in [0.3, 0.4) is 0 Å². The van der Waals surface area contributed by atoms with Gasteiger partial charge in [-0.05, 0) is 48.7 Å². The highest BCUT2D eigenvalue weighted by molar-refractivity contribution is 14.0. The van der Waals surface area contributed by atoms with Crippen molar-refractivity contribution in [3.05, 3.63) is 51.7 Å². The second-order valence-electron chi connectivity index (χ2n) is 6.60. The first-order valence-electron chi connectivity index (χ1n) is 9.49. The molecule has 0 saturated carbocycles. The lowest BCUT2D eigenvalue weighted by Crippen LogP contribution is -2.36. The number of hydrogen-bond donors (Lipinski definition) is 2. The molecule has 0 saturated heterocycles. The quantitative estimate of drug-likeness (QED) is 0.264. The Morgan fingerprint density at radius 3 is 2.59 bits per heavy atom. The Bertz CT molecular complexity index is 739. The fourth-order valence-corrected chi connectivity index (χ4v) is 3.42. The lowest BCUT2D eigenvalue weighted by molar-refractivity contribution is 0.150. The summed E-state index contributed by atoms with van der Waals surface area (Å²) in [5.41, 5.74) is 2.46. The summed E-state index contributed by atoms with van der Waals surface area (Å²) in [6.07, 6.45) is 0. The van der Waals surface area contributed by atoms with Crippen LogP contribution < -0.4 is 15.4 Å². The maximum Gasteiger partial charge on any atom is 0.191 e. The van der Waals surface area contributed by atoms with Gasteiger partial charge in [-0.2, -0.15) is 0 Å². The SMILES string of the molecule is CN=C(NCc1cccc(OCCN(C)CCOC)c1)NCc1sccc1C.I. The lowest BCUT2D eigenvalue weighted by atomic mass is 10.2. The molecule has 0 spiro atoms. The van der Waals surface area contributed by atoms with E-state index in [1.807, 2.05) is 12.1 Å². The van der Waals surface area contributed by atoms with Crippen molar-refractivity contribution >= 4 is 41.3 Å². The van der Waals surface area contributed by atoms with Gasteiger partial charge < -0.3 is 25.0 Å². The van der Waals surface area contributed by atoms with Crippen LogP contribution in [0.25, 0.3) is 0 Å².